The van der Waals surface area contributed by atoms with Crippen molar-refractivity contribution in [2.75, 3.05) is 26.8 Å². The van der Waals surface area contributed by atoms with Gasteiger partial charge < -0.3 is 9.15 Å². The maximum absolute atomic E-state index is 13.0. The van der Waals surface area contributed by atoms with Gasteiger partial charge in [0.1, 0.15) is 0 Å². The zero-order chi connectivity index (χ0) is 21.1. The van der Waals surface area contributed by atoms with E-state index in [1.165, 1.54) is 4.31 Å². The van der Waals surface area contributed by atoms with Crippen LogP contribution in [0.25, 0.3) is 11.5 Å². The number of aromatic nitrogens is 2. The smallest absolute Gasteiger partial charge is 0.247 e. The van der Waals surface area contributed by atoms with Crippen LogP contribution in [0.15, 0.2) is 59.0 Å². The Balaban J connectivity index is 1.54. The first-order chi connectivity index (χ1) is 14.5. The van der Waals surface area contributed by atoms with Crippen LogP contribution in [0.3, 0.4) is 0 Å². The van der Waals surface area contributed by atoms with Crippen molar-refractivity contribution in [1.82, 2.24) is 14.5 Å². The van der Waals surface area contributed by atoms with Gasteiger partial charge in [0.05, 0.1) is 18.3 Å². The number of benzene rings is 2. The van der Waals surface area contributed by atoms with E-state index in [1.807, 2.05) is 30.3 Å². The predicted octanol–water partition coefficient (Wildman–Crippen LogP) is 3.58. The average Bonchev–Trinajstić information content (AvgIpc) is 3.38. The van der Waals surface area contributed by atoms with Crippen LogP contribution in [0, 0.1) is 5.92 Å². The van der Waals surface area contributed by atoms with Gasteiger partial charge in [0, 0.05) is 36.7 Å². The molecule has 2 aromatic carbocycles. The molecule has 3 aromatic rings. The first-order valence-electron chi connectivity index (χ1n) is 9.56. The van der Waals surface area contributed by atoms with E-state index in [0.717, 1.165) is 5.56 Å². The first-order valence-corrected chi connectivity index (χ1v) is 11.5. The summed E-state index contributed by atoms with van der Waals surface area (Å²) in [6.45, 7) is 1.03. The molecule has 0 radical (unpaired) electrons. The summed E-state index contributed by atoms with van der Waals surface area (Å²) in [7, 11) is -1.92. The second-order valence-electron chi connectivity index (χ2n) is 7.33. The molecule has 4 rings (SSSR count). The average molecular weight is 448 g/mol. The minimum atomic E-state index is -3.52. The van der Waals surface area contributed by atoms with Crippen molar-refractivity contribution in [3.05, 3.63) is 71.1 Å². The molecule has 30 heavy (non-hydrogen) atoms. The number of halogens is 1. The van der Waals surface area contributed by atoms with Crippen LogP contribution in [0.2, 0.25) is 5.02 Å². The number of hydrogen-bond acceptors (Lipinski definition) is 6. The molecular weight excluding hydrogens is 426 g/mol. The van der Waals surface area contributed by atoms with Gasteiger partial charge in [-0.2, -0.15) is 0 Å². The number of nitrogens with zero attached hydrogens (tertiary/aromatic N) is 3. The Bertz CT molecular complexity index is 1090. The molecule has 0 bridgehead atoms. The molecule has 0 spiro atoms. The molecule has 1 fully saturated rings. The molecule has 2 unspecified atom stereocenters. The van der Waals surface area contributed by atoms with Gasteiger partial charge in [-0.05, 0) is 29.8 Å². The molecule has 2 heterocycles. The molecule has 1 aromatic heterocycles. The molecule has 1 aliphatic rings. The molecule has 2 atom stereocenters. The Hall–Kier alpha value is -2.26. The van der Waals surface area contributed by atoms with Gasteiger partial charge in [-0.3, -0.25) is 0 Å². The third-order valence-electron chi connectivity index (χ3n) is 5.22. The zero-order valence-corrected chi connectivity index (χ0v) is 18.0. The summed E-state index contributed by atoms with van der Waals surface area (Å²) in [5.41, 5.74) is 1.51. The minimum absolute atomic E-state index is 0.0703. The topological polar surface area (TPSA) is 85.5 Å². The van der Waals surface area contributed by atoms with Gasteiger partial charge in [-0.15, -0.1) is 10.2 Å². The molecule has 158 valence electrons. The van der Waals surface area contributed by atoms with Gasteiger partial charge in [0.15, 0.2) is 0 Å². The van der Waals surface area contributed by atoms with Crippen LogP contribution in [0.1, 0.15) is 17.4 Å². The second kappa shape index (κ2) is 8.85. The van der Waals surface area contributed by atoms with E-state index in [0.29, 0.717) is 35.5 Å². The van der Waals surface area contributed by atoms with Crippen LogP contribution in [0.4, 0.5) is 0 Å². The maximum Gasteiger partial charge on any atom is 0.247 e. The second-order valence-corrected chi connectivity index (χ2v) is 9.74. The molecule has 1 saturated heterocycles. The monoisotopic (exact) mass is 447 g/mol. The Morgan fingerprint density at radius 1 is 1.10 bits per heavy atom. The summed E-state index contributed by atoms with van der Waals surface area (Å²) in [6, 6.07) is 16.3. The van der Waals surface area contributed by atoms with Crippen molar-refractivity contribution in [2.24, 2.45) is 5.92 Å². The van der Waals surface area contributed by atoms with Crippen LogP contribution < -0.4 is 0 Å². The number of sulfonamides is 1. The van der Waals surface area contributed by atoms with Gasteiger partial charge in [-0.1, -0.05) is 41.9 Å². The van der Waals surface area contributed by atoms with E-state index < -0.39 is 10.0 Å². The van der Waals surface area contributed by atoms with Crippen LogP contribution in [0.5, 0.6) is 0 Å². The molecular formula is C21H22ClN3O4S. The van der Waals surface area contributed by atoms with Crippen molar-refractivity contribution in [3.8, 4) is 11.5 Å². The van der Waals surface area contributed by atoms with E-state index in [1.54, 1.807) is 31.4 Å². The lowest BCUT2D eigenvalue weighted by Crippen LogP contribution is -2.30. The predicted molar refractivity (Wildman–Crippen MR) is 113 cm³/mol. The molecule has 0 saturated carbocycles. The molecule has 0 amide bonds. The summed E-state index contributed by atoms with van der Waals surface area (Å²) in [5, 5.41) is 8.93. The van der Waals surface area contributed by atoms with Gasteiger partial charge in [0.25, 0.3) is 0 Å². The SMILES string of the molecule is COCC1CN(S(=O)(=O)Cc2ccc(Cl)cc2)CC1c1nnc(-c2ccccc2)o1. The highest BCUT2D eigenvalue weighted by atomic mass is 35.5. The third-order valence-corrected chi connectivity index (χ3v) is 7.26. The maximum atomic E-state index is 13.0. The normalized spacial score (nSPS) is 19.9. The number of rotatable bonds is 7. The lowest BCUT2D eigenvalue weighted by Gasteiger charge is -2.16. The van der Waals surface area contributed by atoms with Crippen molar-refractivity contribution in [3.63, 3.8) is 0 Å². The summed E-state index contributed by atoms with van der Waals surface area (Å²) >= 11 is 5.90. The Labute approximate surface area is 180 Å². The summed E-state index contributed by atoms with van der Waals surface area (Å²) < 4.78 is 38.8. The van der Waals surface area contributed by atoms with E-state index >= 15 is 0 Å². The van der Waals surface area contributed by atoms with Crippen LogP contribution >= 0.6 is 11.6 Å². The Kier molecular flexibility index (Phi) is 6.19. The van der Waals surface area contributed by atoms with Crippen molar-refractivity contribution in [2.45, 2.75) is 11.7 Å². The van der Waals surface area contributed by atoms with Crippen molar-refractivity contribution >= 4 is 21.6 Å². The fourth-order valence-corrected chi connectivity index (χ4v) is 5.41. The van der Waals surface area contributed by atoms with Gasteiger partial charge >= 0.3 is 0 Å². The standard InChI is InChI=1S/C21H22ClN3O4S/c1-28-13-17-11-25(30(26,27)14-15-7-9-18(22)10-8-15)12-19(17)21-24-23-20(29-21)16-5-3-2-4-6-16/h2-10,17,19H,11-14H2,1H3. The van der Waals surface area contributed by atoms with Gasteiger partial charge in [-0.25, -0.2) is 12.7 Å². The largest absolute Gasteiger partial charge is 0.420 e. The lowest BCUT2D eigenvalue weighted by atomic mass is 9.97. The quantitative estimate of drug-likeness (QED) is 0.550. The fourth-order valence-electron chi connectivity index (χ4n) is 3.69. The third kappa shape index (κ3) is 4.57. The summed E-state index contributed by atoms with van der Waals surface area (Å²) in [4.78, 5) is 0. The Morgan fingerprint density at radius 3 is 2.53 bits per heavy atom. The van der Waals surface area contributed by atoms with Crippen LogP contribution in [-0.4, -0.2) is 49.7 Å². The van der Waals surface area contributed by atoms with E-state index in [2.05, 4.69) is 10.2 Å². The minimum Gasteiger partial charge on any atom is -0.420 e. The highest BCUT2D eigenvalue weighted by molar-refractivity contribution is 7.88. The molecule has 9 heteroatoms. The van der Waals surface area contributed by atoms with E-state index in [9.17, 15) is 8.42 Å². The highest BCUT2D eigenvalue weighted by Gasteiger charge is 2.42. The van der Waals surface area contributed by atoms with Crippen LogP contribution in [-0.2, 0) is 20.5 Å². The fraction of sp³-hybridized carbons (Fsp3) is 0.333. The Morgan fingerprint density at radius 2 is 1.83 bits per heavy atom. The summed E-state index contributed by atoms with van der Waals surface area (Å²) in [6.07, 6.45) is 0. The van der Waals surface area contributed by atoms with E-state index in [-0.39, 0.29) is 24.1 Å². The molecule has 0 N–H and O–H groups in total. The summed E-state index contributed by atoms with van der Waals surface area (Å²) in [5.74, 6) is 0.466. The number of ether oxygens (including phenoxy) is 1. The lowest BCUT2D eigenvalue weighted by molar-refractivity contribution is 0.147. The molecule has 0 aliphatic carbocycles. The van der Waals surface area contributed by atoms with Crippen molar-refractivity contribution in [1.29, 1.82) is 0 Å². The van der Waals surface area contributed by atoms with E-state index in [4.69, 9.17) is 20.8 Å². The van der Waals surface area contributed by atoms with Crippen molar-refractivity contribution < 1.29 is 17.6 Å². The molecule has 7 nitrogen and oxygen atoms in total. The first kappa shape index (κ1) is 21.0. The highest BCUT2D eigenvalue weighted by Crippen LogP contribution is 2.35. The number of hydrogen-bond donors (Lipinski definition) is 0. The molecule has 1 aliphatic heterocycles. The zero-order valence-electron chi connectivity index (χ0n) is 16.4. The number of methoxy groups -OCH3 is 1. The van der Waals surface area contributed by atoms with Gasteiger partial charge in [0.2, 0.25) is 21.8 Å².